The van der Waals surface area contributed by atoms with Gasteiger partial charge in [0.1, 0.15) is 11.8 Å². The summed E-state index contributed by atoms with van der Waals surface area (Å²) in [6, 6.07) is 4.47. The number of amides is 2. The minimum absolute atomic E-state index is 0.00323. The summed E-state index contributed by atoms with van der Waals surface area (Å²) in [5, 5.41) is 5.94. The van der Waals surface area contributed by atoms with Crippen LogP contribution in [0, 0.1) is 6.92 Å². The first-order valence-corrected chi connectivity index (χ1v) is 9.38. The fourth-order valence-corrected chi connectivity index (χ4v) is 3.52. The molecule has 1 N–H and O–H groups in total. The van der Waals surface area contributed by atoms with E-state index in [9.17, 15) is 22.8 Å². The normalized spacial score (nSPS) is 16.9. The SMILES string of the molecule is Cc1cc(CC(=O)N2CCCC2C(=O)NCc2ccc(Cl)c(C(F)(F)F)c2)on1. The van der Waals surface area contributed by atoms with E-state index in [1.165, 1.54) is 11.0 Å². The van der Waals surface area contributed by atoms with E-state index in [0.717, 1.165) is 12.1 Å². The quantitative estimate of drug-likeness (QED) is 0.789. The number of hydrogen-bond acceptors (Lipinski definition) is 4. The molecule has 6 nitrogen and oxygen atoms in total. The highest BCUT2D eigenvalue weighted by molar-refractivity contribution is 6.31. The van der Waals surface area contributed by atoms with Gasteiger partial charge in [0.05, 0.1) is 22.7 Å². The van der Waals surface area contributed by atoms with E-state index in [2.05, 4.69) is 10.5 Å². The van der Waals surface area contributed by atoms with Crippen molar-refractivity contribution in [2.75, 3.05) is 6.54 Å². The predicted octanol–water partition coefficient (Wildman–Crippen LogP) is 3.51. The number of rotatable bonds is 5. The second-order valence-corrected chi connectivity index (χ2v) is 7.29. The fraction of sp³-hybridized carbons (Fsp3) is 0.421. The number of nitrogens with zero attached hydrogens (tertiary/aromatic N) is 2. The molecule has 29 heavy (non-hydrogen) atoms. The van der Waals surface area contributed by atoms with E-state index in [1.807, 2.05) is 0 Å². The van der Waals surface area contributed by atoms with Crippen molar-refractivity contribution in [3.8, 4) is 0 Å². The monoisotopic (exact) mass is 429 g/mol. The third-order valence-electron chi connectivity index (χ3n) is 4.68. The maximum atomic E-state index is 13.0. The fourth-order valence-electron chi connectivity index (χ4n) is 3.29. The van der Waals surface area contributed by atoms with E-state index in [-0.39, 0.29) is 24.4 Å². The van der Waals surface area contributed by atoms with Crippen LogP contribution in [0.25, 0.3) is 0 Å². The summed E-state index contributed by atoms with van der Waals surface area (Å²) < 4.78 is 43.9. The Morgan fingerprint density at radius 3 is 2.76 bits per heavy atom. The van der Waals surface area contributed by atoms with Gasteiger partial charge in [-0.1, -0.05) is 22.8 Å². The van der Waals surface area contributed by atoms with E-state index < -0.39 is 28.7 Å². The summed E-state index contributed by atoms with van der Waals surface area (Å²) in [6.07, 6.45) is -3.43. The van der Waals surface area contributed by atoms with Crippen LogP contribution in [-0.4, -0.2) is 34.5 Å². The van der Waals surface area contributed by atoms with Gasteiger partial charge >= 0.3 is 6.18 Å². The number of benzene rings is 1. The van der Waals surface area contributed by atoms with Crippen LogP contribution in [0.15, 0.2) is 28.8 Å². The van der Waals surface area contributed by atoms with Gasteiger partial charge in [-0.2, -0.15) is 13.2 Å². The average Bonchev–Trinajstić information content (AvgIpc) is 3.29. The summed E-state index contributed by atoms with van der Waals surface area (Å²) in [7, 11) is 0. The van der Waals surface area contributed by atoms with Crippen LogP contribution in [0.4, 0.5) is 13.2 Å². The molecule has 2 amide bonds. The molecule has 0 saturated carbocycles. The van der Waals surface area contributed by atoms with Crippen molar-refractivity contribution < 1.29 is 27.3 Å². The second-order valence-electron chi connectivity index (χ2n) is 6.89. The van der Waals surface area contributed by atoms with Crippen molar-refractivity contribution in [3.05, 3.63) is 51.9 Å². The molecular formula is C19H19ClF3N3O3. The molecule has 1 aliphatic heterocycles. The van der Waals surface area contributed by atoms with Crippen LogP contribution in [-0.2, 0) is 28.7 Å². The lowest BCUT2D eigenvalue weighted by Crippen LogP contribution is -2.46. The van der Waals surface area contributed by atoms with Crippen LogP contribution < -0.4 is 5.32 Å². The number of carbonyl (C=O) groups is 2. The minimum Gasteiger partial charge on any atom is -0.361 e. The minimum atomic E-state index is -4.58. The number of aromatic nitrogens is 1. The molecule has 156 valence electrons. The molecule has 0 bridgehead atoms. The molecule has 2 aromatic rings. The molecule has 1 unspecified atom stereocenters. The zero-order chi connectivity index (χ0) is 21.2. The van der Waals surface area contributed by atoms with E-state index >= 15 is 0 Å². The number of nitrogens with one attached hydrogen (secondary N) is 1. The van der Waals surface area contributed by atoms with Gasteiger partial charge in [0.25, 0.3) is 0 Å². The molecule has 0 aliphatic carbocycles. The molecule has 10 heteroatoms. The molecule has 0 radical (unpaired) electrons. The van der Waals surface area contributed by atoms with Gasteiger partial charge in [-0.15, -0.1) is 0 Å². The Bertz CT molecular complexity index is 914. The standard InChI is InChI=1S/C19H19ClF3N3O3/c1-11-7-13(29-25-11)9-17(27)26-6-2-3-16(26)18(28)24-10-12-4-5-15(20)14(8-12)19(21,22)23/h4-5,7-8,16H,2-3,6,9-10H2,1H3,(H,24,28). The van der Waals surface area contributed by atoms with Crippen molar-refractivity contribution in [1.29, 1.82) is 0 Å². The zero-order valence-corrected chi connectivity index (χ0v) is 16.3. The molecule has 0 spiro atoms. The number of alkyl halides is 3. The van der Waals surface area contributed by atoms with Gasteiger partial charge < -0.3 is 14.7 Å². The Hall–Kier alpha value is -2.55. The molecule has 1 aromatic carbocycles. The largest absolute Gasteiger partial charge is 0.417 e. The molecule has 1 saturated heterocycles. The van der Waals surface area contributed by atoms with E-state index in [4.69, 9.17) is 16.1 Å². The van der Waals surface area contributed by atoms with Gasteiger partial charge in [0.15, 0.2) is 0 Å². The zero-order valence-electron chi connectivity index (χ0n) is 15.6. The van der Waals surface area contributed by atoms with E-state index in [0.29, 0.717) is 30.8 Å². The number of carbonyl (C=O) groups excluding carboxylic acids is 2. The molecule has 3 rings (SSSR count). The molecular weight excluding hydrogens is 411 g/mol. The lowest BCUT2D eigenvalue weighted by atomic mass is 10.1. The van der Waals surface area contributed by atoms with Gasteiger partial charge in [-0.25, -0.2) is 0 Å². The summed E-state index contributed by atoms with van der Waals surface area (Å²) in [5.74, 6) is -0.253. The van der Waals surface area contributed by atoms with Gasteiger partial charge in [0, 0.05) is 19.2 Å². The van der Waals surface area contributed by atoms with Crippen molar-refractivity contribution in [2.24, 2.45) is 0 Å². The Kier molecular flexibility index (Phi) is 6.16. The summed E-state index contributed by atoms with van der Waals surface area (Å²) in [6.45, 7) is 2.08. The lowest BCUT2D eigenvalue weighted by Gasteiger charge is -2.23. The summed E-state index contributed by atoms with van der Waals surface area (Å²) in [4.78, 5) is 26.5. The van der Waals surface area contributed by atoms with E-state index in [1.54, 1.807) is 13.0 Å². The van der Waals surface area contributed by atoms with Crippen LogP contribution in [0.5, 0.6) is 0 Å². The molecule has 1 fully saturated rings. The summed E-state index contributed by atoms with van der Waals surface area (Å²) in [5.41, 5.74) is -0.0290. The van der Waals surface area contributed by atoms with Gasteiger partial charge in [-0.3, -0.25) is 9.59 Å². The van der Waals surface area contributed by atoms with Crippen LogP contribution in [0.3, 0.4) is 0 Å². The van der Waals surface area contributed by atoms with Crippen LogP contribution in [0.1, 0.15) is 35.4 Å². The first-order chi connectivity index (χ1) is 13.6. The smallest absolute Gasteiger partial charge is 0.361 e. The Morgan fingerprint density at radius 1 is 1.34 bits per heavy atom. The van der Waals surface area contributed by atoms with Crippen molar-refractivity contribution in [2.45, 2.75) is 44.9 Å². The predicted molar refractivity (Wildman–Crippen MR) is 98.0 cm³/mol. The number of hydrogen-bond donors (Lipinski definition) is 1. The first kappa shape index (κ1) is 21.2. The number of halogens is 4. The Morgan fingerprint density at radius 2 is 2.10 bits per heavy atom. The van der Waals surface area contributed by atoms with Gasteiger partial charge in [-0.05, 0) is 37.5 Å². The highest BCUT2D eigenvalue weighted by Crippen LogP contribution is 2.35. The first-order valence-electron chi connectivity index (χ1n) is 9.00. The third-order valence-corrected chi connectivity index (χ3v) is 5.01. The number of likely N-dealkylation sites (tertiary alicyclic amines) is 1. The maximum Gasteiger partial charge on any atom is 0.417 e. The Balaban J connectivity index is 1.62. The average molecular weight is 430 g/mol. The lowest BCUT2D eigenvalue weighted by molar-refractivity contribution is -0.138. The Labute approximate surface area is 170 Å². The highest BCUT2D eigenvalue weighted by atomic mass is 35.5. The highest BCUT2D eigenvalue weighted by Gasteiger charge is 2.35. The topological polar surface area (TPSA) is 75.4 Å². The summed E-state index contributed by atoms with van der Waals surface area (Å²) >= 11 is 5.61. The molecule has 2 heterocycles. The van der Waals surface area contributed by atoms with Crippen LogP contribution >= 0.6 is 11.6 Å². The second kappa shape index (κ2) is 8.44. The molecule has 1 atom stereocenters. The maximum absolute atomic E-state index is 13.0. The third kappa shape index (κ3) is 5.09. The van der Waals surface area contributed by atoms with Crippen LogP contribution in [0.2, 0.25) is 5.02 Å². The van der Waals surface area contributed by atoms with Crippen molar-refractivity contribution in [1.82, 2.24) is 15.4 Å². The molecule has 1 aromatic heterocycles. The van der Waals surface area contributed by atoms with Crippen molar-refractivity contribution in [3.63, 3.8) is 0 Å². The number of aryl methyl sites for hydroxylation is 1. The van der Waals surface area contributed by atoms with Crippen molar-refractivity contribution >= 4 is 23.4 Å². The molecule has 1 aliphatic rings. The van der Waals surface area contributed by atoms with Gasteiger partial charge in [0.2, 0.25) is 11.8 Å².